The van der Waals surface area contributed by atoms with Crippen LogP contribution < -0.4 is 5.73 Å². The average molecular weight is 268 g/mol. The number of amides is 1. The minimum atomic E-state index is -0.827. The third-order valence-electron chi connectivity index (χ3n) is 3.72. The van der Waals surface area contributed by atoms with E-state index in [0.717, 1.165) is 18.9 Å². The van der Waals surface area contributed by atoms with Crippen molar-refractivity contribution in [2.24, 2.45) is 11.7 Å². The van der Waals surface area contributed by atoms with Crippen molar-refractivity contribution in [3.8, 4) is 0 Å². The fourth-order valence-corrected chi connectivity index (χ4v) is 2.33. The van der Waals surface area contributed by atoms with E-state index in [1.165, 1.54) is 17.9 Å². The molecule has 19 heavy (non-hydrogen) atoms. The molecule has 0 radical (unpaired) electrons. The zero-order chi connectivity index (χ0) is 14.2. The molecule has 0 saturated heterocycles. The van der Waals surface area contributed by atoms with Crippen molar-refractivity contribution in [3.05, 3.63) is 34.9 Å². The summed E-state index contributed by atoms with van der Waals surface area (Å²) in [6.07, 6.45) is 2.02. The Morgan fingerprint density at radius 1 is 1.47 bits per heavy atom. The van der Waals surface area contributed by atoms with Crippen molar-refractivity contribution in [2.45, 2.75) is 25.8 Å². The molecular formula is C14H18F2N2O. The van der Waals surface area contributed by atoms with E-state index >= 15 is 0 Å². The van der Waals surface area contributed by atoms with Gasteiger partial charge in [0.25, 0.3) is 5.91 Å². The normalized spacial score (nSPS) is 16.3. The van der Waals surface area contributed by atoms with Crippen molar-refractivity contribution in [1.82, 2.24) is 4.90 Å². The lowest BCUT2D eigenvalue weighted by Crippen LogP contribution is -2.43. The minimum absolute atomic E-state index is 0.146. The van der Waals surface area contributed by atoms with E-state index in [2.05, 4.69) is 0 Å². The molecule has 1 aliphatic rings. The van der Waals surface area contributed by atoms with Gasteiger partial charge in [-0.05, 0) is 37.3 Å². The first-order chi connectivity index (χ1) is 8.97. The van der Waals surface area contributed by atoms with Gasteiger partial charge in [0.15, 0.2) is 0 Å². The Labute approximate surface area is 111 Å². The summed E-state index contributed by atoms with van der Waals surface area (Å²) in [6, 6.07) is 2.29. The second-order valence-corrected chi connectivity index (χ2v) is 5.11. The highest BCUT2D eigenvalue weighted by atomic mass is 19.1. The van der Waals surface area contributed by atoms with Crippen molar-refractivity contribution in [1.29, 1.82) is 0 Å². The highest BCUT2D eigenvalue weighted by Gasteiger charge is 2.36. The number of carbonyl (C=O) groups is 1. The lowest BCUT2D eigenvalue weighted by atomic mass is 10.1. The summed E-state index contributed by atoms with van der Waals surface area (Å²) < 4.78 is 27.6. The van der Waals surface area contributed by atoms with Crippen LogP contribution in [0, 0.1) is 24.5 Å². The lowest BCUT2D eigenvalue weighted by molar-refractivity contribution is 0.0708. The summed E-state index contributed by atoms with van der Waals surface area (Å²) in [4.78, 5) is 13.6. The molecule has 2 N–H and O–H groups in total. The van der Waals surface area contributed by atoms with Gasteiger partial charge < -0.3 is 10.6 Å². The Kier molecular flexibility index (Phi) is 3.85. The molecule has 0 aromatic heterocycles. The fourth-order valence-electron chi connectivity index (χ4n) is 2.33. The van der Waals surface area contributed by atoms with Crippen molar-refractivity contribution >= 4 is 5.91 Å². The van der Waals surface area contributed by atoms with Crippen LogP contribution in [-0.4, -0.2) is 30.4 Å². The van der Waals surface area contributed by atoms with E-state index in [1.807, 2.05) is 0 Å². The van der Waals surface area contributed by atoms with Gasteiger partial charge in [-0.15, -0.1) is 0 Å². The Bertz CT molecular complexity index is 500. The maximum atomic E-state index is 13.9. The predicted octanol–water partition coefficient (Wildman–Crippen LogP) is 2.08. The highest BCUT2D eigenvalue weighted by molar-refractivity contribution is 5.95. The molecule has 0 heterocycles. The Balaban J connectivity index is 2.30. The van der Waals surface area contributed by atoms with Crippen LogP contribution in [0.5, 0.6) is 0 Å². The fraction of sp³-hybridized carbons (Fsp3) is 0.500. The molecule has 1 aromatic rings. The number of hydrogen-bond acceptors (Lipinski definition) is 2. The molecule has 1 amide bonds. The summed E-state index contributed by atoms with van der Waals surface area (Å²) in [5, 5.41) is 0. The molecule has 0 aliphatic heterocycles. The first-order valence-corrected chi connectivity index (χ1v) is 6.39. The Hall–Kier alpha value is -1.49. The molecule has 5 heteroatoms. The number of carbonyl (C=O) groups excluding carboxylic acids is 1. The van der Waals surface area contributed by atoms with E-state index in [9.17, 15) is 13.6 Å². The maximum Gasteiger partial charge on any atom is 0.259 e. The monoisotopic (exact) mass is 268 g/mol. The van der Waals surface area contributed by atoms with Gasteiger partial charge in [-0.3, -0.25) is 4.79 Å². The molecule has 1 aliphatic carbocycles. The second-order valence-electron chi connectivity index (χ2n) is 5.11. The molecule has 1 aromatic carbocycles. The van der Waals surface area contributed by atoms with E-state index in [0.29, 0.717) is 12.5 Å². The number of benzene rings is 1. The number of hydrogen-bond donors (Lipinski definition) is 1. The van der Waals surface area contributed by atoms with Gasteiger partial charge >= 0.3 is 0 Å². The molecule has 104 valence electrons. The molecule has 0 spiro atoms. The number of nitrogens with zero attached hydrogens (tertiary/aromatic N) is 1. The van der Waals surface area contributed by atoms with Crippen LogP contribution in [0.4, 0.5) is 8.78 Å². The topological polar surface area (TPSA) is 46.3 Å². The van der Waals surface area contributed by atoms with E-state index in [1.54, 1.807) is 7.05 Å². The molecular weight excluding hydrogens is 250 g/mol. The zero-order valence-corrected chi connectivity index (χ0v) is 11.1. The molecule has 1 unspecified atom stereocenters. The number of rotatable bonds is 4. The van der Waals surface area contributed by atoms with Crippen LogP contribution in [0.2, 0.25) is 0 Å². The van der Waals surface area contributed by atoms with Crippen LogP contribution >= 0.6 is 0 Å². The SMILES string of the molecule is Cc1ccc(F)c(C(=O)N(C)C(CN)C2CC2)c1F. The van der Waals surface area contributed by atoms with Crippen molar-refractivity contribution < 1.29 is 13.6 Å². The summed E-state index contributed by atoms with van der Waals surface area (Å²) in [5.41, 5.74) is 5.43. The van der Waals surface area contributed by atoms with Gasteiger partial charge in [0.1, 0.15) is 17.2 Å². The van der Waals surface area contributed by atoms with Gasteiger partial charge in [-0.1, -0.05) is 6.07 Å². The van der Waals surface area contributed by atoms with Crippen molar-refractivity contribution in [2.75, 3.05) is 13.6 Å². The standard InChI is InChI=1S/C14H18F2N2O/c1-8-3-6-10(15)12(13(8)16)14(19)18(2)11(7-17)9-4-5-9/h3,6,9,11H,4-5,7,17H2,1-2H3. The van der Waals surface area contributed by atoms with Crippen molar-refractivity contribution in [3.63, 3.8) is 0 Å². The number of halogens is 2. The van der Waals surface area contributed by atoms with Crippen LogP contribution in [0.15, 0.2) is 12.1 Å². The first kappa shape index (κ1) is 13.9. The number of nitrogens with two attached hydrogens (primary N) is 1. The zero-order valence-electron chi connectivity index (χ0n) is 11.1. The average Bonchev–Trinajstić information content (AvgIpc) is 3.19. The number of likely N-dealkylation sites (N-methyl/N-ethyl adjacent to an activating group) is 1. The molecule has 1 atom stereocenters. The third-order valence-corrected chi connectivity index (χ3v) is 3.72. The minimum Gasteiger partial charge on any atom is -0.337 e. The summed E-state index contributed by atoms with van der Waals surface area (Å²) in [6.45, 7) is 1.81. The van der Waals surface area contributed by atoms with Crippen LogP contribution in [0.3, 0.4) is 0 Å². The smallest absolute Gasteiger partial charge is 0.259 e. The summed E-state index contributed by atoms with van der Waals surface area (Å²) in [5.74, 6) is -1.90. The number of aryl methyl sites for hydroxylation is 1. The quantitative estimate of drug-likeness (QED) is 0.908. The summed E-state index contributed by atoms with van der Waals surface area (Å²) in [7, 11) is 1.55. The molecule has 1 fully saturated rings. The predicted molar refractivity (Wildman–Crippen MR) is 68.8 cm³/mol. The highest BCUT2D eigenvalue weighted by Crippen LogP contribution is 2.35. The van der Waals surface area contributed by atoms with Gasteiger partial charge in [0.05, 0.1) is 0 Å². The third kappa shape index (κ3) is 2.61. The van der Waals surface area contributed by atoms with Crippen LogP contribution in [-0.2, 0) is 0 Å². The van der Waals surface area contributed by atoms with E-state index in [4.69, 9.17) is 5.73 Å². The molecule has 3 nitrogen and oxygen atoms in total. The van der Waals surface area contributed by atoms with Gasteiger partial charge in [-0.2, -0.15) is 0 Å². The largest absolute Gasteiger partial charge is 0.337 e. The van der Waals surface area contributed by atoms with Crippen LogP contribution in [0.1, 0.15) is 28.8 Å². The maximum absolute atomic E-state index is 13.9. The van der Waals surface area contributed by atoms with Gasteiger partial charge in [0.2, 0.25) is 0 Å². The molecule has 0 bridgehead atoms. The molecule has 1 saturated carbocycles. The van der Waals surface area contributed by atoms with E-state index in [-0.39, 0.29) is 11.6 Å². The Morgan fingerprint density at radius 2 is 2.11 bits per heavy atom. The van der Waals surface area contributed by atoms with Gasteiger partial charge in [0, 0.05) is 19.6 Å². The lowest BCUT2D eigenvalue weighted by Gasteiger charge is -2.27. The summed E-state index contributed by atoms with van der Waals surface area (Å²) >= 11 is 0. The van der Waals surface area contributed by atoms with E-state index < -0.39 is 23.1 Å². The first-order valence-electron chi connectivity index (χ1n) is 6.39. The van der Waals surface area contributed by atoms with Crippen LogP contribution in [0.25, 0.3) is 0 Å². The molecule has 2 rings (SSSR count). The van der Waals surface area contributed by atoms with Gasteiger partial charge in [-0.25, -0.2) is 8.78 Å². The Morgan fingerprint density at radius 3 is 2.63 bits per heavy atom. The second kappa shape index (κ2) is 5.25.